The molecule has 20 heavy (non-hydrogen) atoms. The fourth-order valence-corrected chi connectivity index (χ4v) is 3.53. The number of likely N-dealkylation sites (tertiary alicyclic amines) is 1. The number of carbonyl (C=O) groups excluding carboxylic acids is 1. The molecule has 5 heteroatoms. The van der Waals surface area contributed by atoms with Crippen LogP contribution in [-0.2, 0) is 16.1 Å². The van der Waals surface area contributed by atoms with Crippen LogP contribution in [0.15, 0.2) is 6.07 Å². The van der Waals surface area contributed by atoms with Gasteiger partial charge in [-0.15, -0.1) is 0 Å². The topological polar surface area (TPSA) is 47.4 Å². The average molecular weight is 277 g/mol. The fraction of sp³-hybridized carbons (Fsp3) is 0.733. The van der Waals surface area contributed by atoms with Crippen LogP contribution in [0.3, 0.4) is 0 Å². The zero-order valence-electron chi connectivity index (χ0n) is 12.5. The number of hydrogen-bond acceptors (Lipinski definition) is 4. The number of nitrogens with zero attached hydrogens (tertiary/aromatic N) is 3. The maximum Gasteiger partial charge on any atom is 0.323 e. The molecule has 2 saturated heterocycles. The van der Waals surface area contributed by atoms with Crippen molar-refractivity contribution < 1.29 is 9.53 Å². The van der Waals surface area contributed by atoms with E-state index in [1.807, 2.05) is 13.8 Å². The quantitative estimate of drug-likeness (QED) is 0.789. The van der Waals surface area contributed by atoms with E-state index in [1.54, 1.807) is 0 Å². The largest absolute Gasteiger partial charge is 0.461 e. The molecule has 3 atom stereocenters. The van der Waals surface area contributed by atoms with E-state index in [2.05, 4.69) is 27.7 Å². The Morgan fingerprint density at radius 1 is 1.45 bits per heavy atom. The summed E-state index contributed by atoms with van der Waals surface area (Å²) in [6.45, 7) is 7.95. The summed E-state index contributed by atoms with van der Waals surface area (Å²) in [5.41, 5.74) is 2.25. The molecule has 2 aliphatic heterocycles. The van der Waals surface area contributed by atoms with Crippen LogP contribution in [0.4, 0.5) is 0 Å². The Hall–Kier alpha value is -1.36. The van der Waals surface area contributed by atoms with Crippen molar-refractivity contribution >= 4 is 5.97 Å². The Morgan fingerprint density at radius 3 is 2.85 bits per heavy atom. The Kier molecular flexibility index (Phi) is 3.54. The molecule has 0 radical (unpaired) electrons. The first-order chi connectivity index (χ1) is 9.54. The molecular weight excluding hydrogens is 254 g/mol. The van der Waals surface area contributed by atoms with Crippen molar-refractivity contribution in [2.24, 2.45) is 0 Å². The SMILES string of the molecule is Cc1cc(C)n(C[C@@H]2CCCN2[C@H]2C[C@@H](C)OC2=O)n1. The second kappa shape index (κ2) is 5.20. The fourth-order valence-electron chi connectivity index (χ4n) is 3.53. The summed E-state index contributed by atoms with van der Waals surface area (Å²) in [6.07, 6.45) is 3.17. The minimum atomic E-state index is -0.0468. The summed E-state index contributed by atoms with van der Waals surface area (Å²) in [5, 5.41) is 4.54. The van der Waals surface area contributed by atoms with E-state index in [0.29, 0.717) is 6.04 Å². The van der Waals surface area contributed by atoms with Crippen molar-refractivity contribution in [3.05, 3.63) is 17.5 Å². The predicted molar refractivity (Wildman–Crippen MR) is 75.4 cm³/mol. The first-order valence-electron chi connectivity index (χ1n) is 7.52. The smallest absolute Gasteiger partial charge is 0.323 e. The third kappa shape index (κ3) is 2.46. The summed E-state index contributed by atoms with van der Waals surface area (Å²) in [7, 11) is 0. The third-order valence-corrected chi connectivity index (χ3v) is 4.45. The molecule has 0 saturated carbocycles. The first kappa shape index (κ1) is 13.6. The molecule has 110 valence electrons. The van der Waals surface area contributed by atoms with Gasteiger partial charge in [0.25, 0.3) is 0 Å². The number of esters is 1. The van der Waals surface area contributed by atoms with Gasteiger partial charge >= 0.3 is 5.97 Å². The lowest BCUT2D eigenvalue weighted by Crippen LogP contribution is -2.43. The highest BCUT2D eigenvalue weighted by molar-refractivity contribution is 5.78. The van der Waals surface area contributed by atoms with E-state index in [-0.39, 0.29) is 18.1 Å². The molecule has 2 fully saturated rings. The van der Waals surface area contributed by atoms with Gasteiger partial charge in [0.05, 0.1) is 12.2 Å². The van der Waals surface area contributed by atoms with Gasteiger partial charge in [-0.05, 0) is 46.2 Å². The summed E-state index contributed by atoms with van der Waals surface area (Å²) in [5.74, 6) is -0.0437. The lowest BCUT2D eigenvalue weighted by atomic mass is 10.1. The molecule has 0 aliphatic carbocycles. The highest BCUT2D eigenvalue weighted by Gasteiger charge is 2.41. The average Bonchev–Trinajstić information content (AvgIpc) is 3.02. The molecule has 0 N–H and O–H groups in total. The highest BCUT2D eigenvalue weighted by atomic mass is 16.6. The number of hydrogen-bond donors (Lipinski definition) is 0. The molecule has 2 aliphatic rings. The maximum atomic E-state index is 12.0. The third-order valence-electron chi connectivity index (χ3n) is 4.45. The van der Waals surface area contributed by atoms with Gasteiger partial charge in [0.2, 0.25) is 0 Å². The van der Waals surface area contributed by atoms with Gasteiger partial charge in [-0.1, -0.05) is 0 Å². The number of rotatable bonds is 3. The van der Waals surface area contributed by atoms with Crippen LogP contribution < -0.4 is 0 Å². The number of cyclic esters (lactones) is 1. The van der Waals surface area contributed by atoms with Gasteiger partial charge in [-0.25, -0.2) is 0 Å². The highest BCUT2D eigenvalue weighted by Crippen LogP contribution is 2.28. The van der Waals surface area contributed by atoms with E-state index < -0.39 is 0 Å². The van der Waals surface area contributed by atoms with Crippen molar-refractivity contribution in [1.82, 2.24) is 14.7 Å². The van der Waals surface area contributed by atoms with E-state index in [9.17, 15) is 4.79 Å². The second-order valence-electron chi connectivity index (χ2n) is 6.14. The van der Waals surface area contributed by atoms with Gasteiger partial charge in [-0.3, -0.25) is 14.4 Å². The number of aromatic nitrogens is 2. The number of aryl methyl sites for hydroxylation is 2. The Bertz CT molecular complexity index is 511. The van der Waals surface area contributed by atoms with E-state index in [4.69, 9.17) is 4.74 Å². The van der Waals surface area contributed by atoms with E-state index in [1.165, 1.54) is 5.69 Å². The molecule has 5 nitrogen and oxygen atoms in total. The van der Waals surface area contributed by atoms with Crippen LogP contribution in [0.2, 0.25) is 0 Å². The lowest BCUT2D eigenvalue weighted by molar-refractivity contribution is -0.145. The molecule has 0 unspecified atom stereocenters. The van der Waals surface area contributed by atoms with Gasteiger partial charge in [0.15, 0.2) is 0 Å². The van der Waals surface area contributed by atoms with Gasteiger partial charge < -0.3 is 4.74 Å². The van der Waals surface area contributed by atoms with Crippen molar-refractivity contribution in [2.75, 3.05) is 6.54 Å². The van der Waals surface area contributed by atoms with E-state index in [0.717, 1.165) is 38.0 Å². The van der Waals surface area contributed by atoms with Crippen LogP contribution >= 0.6 is 0 Å². The van der Waals surface area contributed by atoms with Crippen LogP contribution in [0.25, 0.3) is 0 Å². The summed E-state index contributed by atoms with van der Waals surface area (Å²) in [4.78, 5) is 14.3. The van der Waals surface area contributed by atoms with E-state index >= 15 is 0 Å². The normalized spacial score (nSPS) is 30.9. The van der Waals surface area contributed by atoms with Gasteiger partial charge in [-0.2, -0.15) is 5.10 Å². The van der Waals surface area contributed by atoms with Crippen LogP contribution in [0.1, 0.15) is 37.6 Å². The zero-order valence-corrected chi connectivity index (χ0v) is 12.5. The second-order valence-corrected chi connectivity index (χ2v) is 6.14. The molecule has 3 heterocycles. The molecule has 0 bridgehead atoms. The Balaban J connectivity index is 1.73. The Labute approximate surface area is 119 Å². The standard InChI is InChI=1S/C15H23N3O2/c1-10-7-11(2)18(16-10)9-13-5-4-6-17(13)14-8-12(3)20-15(14)19/h7,12-14H,4-6,8-9H2,1-3H3/t12-,13+,14+/m1/s1. The van der Waals surface area contributed by atoms with Crippen molar-refractivity contribution in [3.63, 3.8) is 0 Å². The zero-order chi connectivity index (χ0) is 14.3. The molecule has 0 aromatic carbocycles. The van der Waals surface area contributed by atoms with Gasteiger partial charge in [0, 0.05) is 18.2 Å². The molecule has 0 spiro atoms. The maximum absolute atomic E-state index is 12.0. The van der Waals surface area contributed by atoms with Crippen LogP contribution in [0.5, 0.6) is 0 Å². The molecule has 1 aromatic rings. The monoisotopic (exact) mass is 277 g/mol. The minimum absolute atomic E-state index is 0.0437. The first-order valence-corrected chi connectivity index (χ1v) is 7.52. The van der Waals surface area contributed by atoms with Crippen LogP contribution in [-0.4, -0.2) is 45.4 Å². The molecule has 3 rings (SSSR count). The van der Waals surface area contributed by atoms with Crippen molar-refractivity contribution in [3.8, 4) is 0 Å². The summed E-state index contributed by atoms with van der Waals surface area (Å²) in [6, 6.07) is 2.45. The Morgan fingerprint density at radius 2 is 2.25 bits per heavy atom. The predicted octanol–water partition coefficient (Wildman–Crippen LogP) is 1.67. The van der Waals surface area contributed by atoms with Crippen molar-refractivity contribution in [2.45, 2.75) is 64.8 Å². The molecule has 1 aromatic heterocycles. The number of ether oxygens (including phenoxy) is 1. The minimum Gasteiger partial charge on any atom is -0.461 e. The lowest BCUT2D eigenvalue weighted by Gasteiger charge is -2.28. The summed E-state index contributed by atoms with van der Waals surface area (Å²) < 4.78 is 7.38. The molecule has 0 amide bonds. The van der Waals surface area contributed by atoms with Crippen LogP contribution in [0, 0.1) is 13.8 Å². The van der Waals surface area contributed by atoms with Crippen molar-refractivity contribution in [1.29, 1.82) is 0 Å². The van der Waals surface area contributed by atoms with Gasteiger partial charge in [0.1, 0.15) is 12.1 Å². The number of carbonyl (C=O) groups is 1. The molecular formula is C15H23N3O2. The summed E-state index contributed by atoms with van der Waals surface area (Å²) >= 11 is 0.